The smallest absolute Gasteiger partial charge is 0.273 e. The Bertz CT molecular complexity index is 532. The molecule has 1 aromatic rings. The van der Waals surface area contributed by atoms with Crippen LogP contribution in [0.15, 0.2) is 18.2 Å². The van der Waals surface area contributed by atoms with Gasteiger partial charge in [0.05, 0.1) is 4.92 Å². The van der Waals surface area contributed by atoms with E-state index in [2.05, 4.69) is 0 Å². The Kier molecular flexibility index (Phi) is 4.06. The summed E-state index contributed by atoms with van der Waals surface area (Å²) in [4.78, 5) is 25.0. The molecule has 5 heteroatoms. The van der Waals surface area contributed by atoms with E-state index in [-0.39, 0.29) is 23.7 Å². The van der Waals surface area contributed by atoms with E-state index in [1.807, 2.05) is 18.7 Å². The van der Waals surface area contributed by atoms with Crippen LogP contribution in [-0.4, -0.2) is 27.8 Å². The molecule has 1 aliphatic rings. The zero-order valence-corrected chi connectivity index (χ0v) is 12.1. The highest BCUT2D eigenvalue weighted by molar-refractivity contribution is 5.95. The maximum Gasteiger partial charge on any atom is 0.273 e. The summed E-state index contributed by atoms with van der Waals surface area (Å²) in [6, 6.07) is 5.09. The largest absolute Gasteiger partial charge is 0.333 e. The summed E-state index contributed by atoms with van der Waals surface area (Å²) in [5.74, 6) is -0.104. The summed E-state index contributed by atoms with van der Waals surface area (Å²) in [6.45, 7) is 5.75. The first-order valence-electron chi connectivity index (χ1n) is 6.99. The quantitative estimate of drug-likeness (QED) is 0.615. The van der Waals surface area contributed by atoms with Crippen LogP contribution in [0.4, 0.5) is 5.69 Å². The molecular weight excluding hydrogens is 256 g/mol. The molecule has 5 nitrogen and oxygen atoms in total. The van der Waals surface area contributed by atoms with Gasteiger partial charge >= 0.3 is 0 Å². The average Bonchev–Trinajstić information content (AvgIpc) is 2.38. The third kappa shape index (κ3) is 2.66. The second-order valence-corrected chi connectivity index (χ2v) is 5.60. The Morgan fingerprint density at radius 3 is 2.45 bits per heavy atom. The van der Waals surface area contributed by atoms with E-state index in [0.717, 1.165) is 19.3 Å². The summed E-state index contributed by atoms with van der Waals surface area (Å²) in [5, 5.41) is 11.0. The molecule has 0 aromatic heterocycles. The van der Waals surface area contributed by atoms with Crippen molar-refractivity contribution in [1.82, 2.24) is 4.90 Å². The molecule has 1 heterocycles. The van der Waals surface area contributed by atoms with Crippen LogP contribution in [0.25, 0.3) is 0 Å². The minimum Gasteiger partial charge on any atom is -0.333 e. The number of hydrogen-bond donors (Lipinski definition) is 0. The Labute approximate surface area is 118 Å². The van der Waals surface area contributed by atoms with Gasteiger partial charge in [-0.2, -0.15) is 0 Å². The Morgan fingerprint density at radius 2 is 1.90 bits per heavy atom. The number of nitro benzene ring substituents is 1. The van der Waals surface area contributed by atoms with Crippen molar-refractivity contribution in [2.24, 2.45) is 0 Å². The standard InChI is InChI=1S/C15H20N2O3/c1-10-7-8-13(9-14(10)17(19)20)15(18)16-11(2)5-4-6-12(16)3/h7-9,11-12H,4-6H2,1-3H3/t11-,12+. The van der Waals surface area contributed by atoms with E-state index in [0.29, 0.717) is 11.1 Å². The van der Waals surface area contributed by atoms with Crippen molar-refractivity contribution in [3.63, 3.8) is 0 Å². The molecule has 0 spiro atoms. The Balaban J connectivity index is 2.33. The number of rotatable bonds is 2. The molecule has 2 atom stereocenters. The number of benzene rings is 1. The maximum absolute atomic E-state index is 12.6. The monoisotopic (exact) mass is 276 g/mol. The minimum absolute atomic E-state index is 0.00756. The summed E-state index contributed by atoms with van der Waals surface area (Å²) in [5.41, 5.74) is 0.988. The zero-order valence-electron chi connectivity index (χ0n) is 12.1. The van der Waals surface area contributed by atoms with E-state index in [9.17, 15) is 14.9 Å². The first kappa shape index (κ1) is 14.5. The van der Waals surface area contributed by atoms with Crippen LogP contribution in [-0.2, 0) is 0 Å². The molecule has 108 valence electrons. The molecule has 1 fully saturated rings. The van der Waals surface area contributed by atoms with Gasteiger partial charge in [0.2, 0.25) is 0 Å². The predicted octanol–water partition coefficient (Wildman–Crippen LogP) is 3.31. The molecule has 1 saturated heterocycles. The van der Waals surface area contributed by atoms with Gasteiger partial charge in [0.15, 0.2) is 0 Å². The van der Waals surface area contributed by atoms with Crippen molar-refractivity contribution < 1.29 is 9.72 Å². The van der Waals surface area contributed by atoms with Gasteiger partial charge < -0.3 is 4.90 Å². The molecule has 1 aromatic carbocycles. The lowest BCUT2D eigenvalue weighted by Gasteiger charge is -2.39. The molecule has 0 unspecified atom stereocenters. The molecule has 1 amide bonds. The fourth-order valence-corrected chi connectivity index (χ4v) is 2.91. The number of piperidine rings is 1. The summed E-state index contributed by atoms with van der Waals surface area (Å²) in [7, 11) is 0. The number of carbonyl (C=O) groups is 1. The second kappa shape index (κ2) is 5.61. The van der Waals surface area contributed by atoms with Crippen LogP contribution in [0.3, 0.4) is 0 Å². The van der Waals surface area contributed by atoms with Gasteiger partial charge in [0, 0.05) is 29.3 Å². The normalized spacial score (nSPS) is 22.6. The number of carbonyl (C=O) groups excluding carboxylic acids is 1. The van der Waals surface area contributed by atoms with Crippen molar-refractivity contribution in [3.8, 4) is 0 Å². The second-order valence-electron chi connectivity index (χ2n) is 5.60. The molecule has 1 aliphatic heterocycles. The number of amides is 1. The Hall–Kier alpha value is -1.91. The molecule has 0 N–H and O–H groups in total. The predicted molar refractivity (Wildman–Crippen MR) is 76.8 cm³/mol. The van der Waals surface area contributed by atoms with E-state index in [1.165, 1.54) is 6.07 Å². The summed E-state index contributed by atoms with van der Waals surface area (Å²) in [6.07, 6.45) is 3.11. The third-order valence-corrected chi connectivity index (χ3v) is 4.08. The van der Waals surface area contributed by atoms with Crippen LogP contribution in [0.2, 0.25) is 0 Å². The lowest BCUT2D eigenvalue weighted by molar-refractivity contribution is -0.385. The first-order valence-corrected chi connectivity index (χ1v) is 6.99. The fourth-order valence-electron chi connectivity index (χ4n) is 2.91. The maximum atomic E-state index is 12.6. The molecule has 0 radical (unpaired) electrons. The zero-order chi connectivity index (χ0) is 14.9. The number of nitrogens with zero attached hydrogens (tertiary/aromatic N) is 2. The Morgan fingerprint density at radius 1 is 1.30 bits per heavy atom. The van der Waals surface area contributed by atoms with Gasteiger partial charge in [0.25, 0.3) is 11.6 Å². The van der Waals surface area contributed by atoms with Crippen LogP contribution in [0, 0.1) is 17.0 Å². The van der Waals surface area contributed by atoms with Gasteiger partial charge in [-0.15, -0.1) is 0 Å². The highest BCUT2D eigenvalue weighted by atomic mass is 16.6. The summed E-state index contributed by atoms with van der Waals surface area (Å²) >= 11 is 0. The van der Waals surface area contributed by atoms with Crippen molar-refractivity contribution >= 4 is 11.6 Å². The average molecular weight is 276 g/mol. The van der Waals surface area contributed by atoms with Gasteiger partial charge in [-0.25, -0.2) is 0 Å². The highest BCUT2D eigenvalue weighted by Gasteiger charge is 2.30. The SMILES string of the molecule is Cc1ccc(C(=O)N2[C@H](C)CCC[C@@H]2C)cc1[N+](=O)[O-]. The topological polar surface area (TPSA) is 63.5 Å². The molecular formula is C15H20N2O3. The van der Waals surface area contributed by atoms with Crippen LogP contribution in [0.1, 0.15) is 49.0 Å². The lowest BCUT2D eigenvalue weighted by atomic mass is 9.96. The van der Waals surface area contributed by atoms with Crippen molar-refractivity contribution in [1.29, 1.82) is 0 Å². The molecule has 0 aliphatic carbocycles. The minimum atomic E-state index is -0.435. The van der Waals surface area contributed by atoms with Gasteiger partial charge in [-0.05, 0) is 46.1 Å². The molecule has 20 heavy (non-hydrogen) atoms. The first-order chi connectivity index (χ1) is 9.41. The fraction of sp³-hybridized carbons (Fsp3) is 0.533. The molecule has 0 saturated carbocycles. The summed E-state index contributed by atoms with van der Waals surface area (Å²) < 4.78 is 0. The van der Waals surface area contributed by atoms with E-state index in [1.54, 1.807) is 19.1 Å². The molecule has 0 bridgehead atoms. The van der Waals surface area contributed by atoms with Crippen molar-refractivity contribution in [2.45, 2.75) is 52.1 Å². The molecule has 2 rings (SSSR count). The van der Waals surface area contributed by atoms with Crippen LogP contribution in [0.5, 0.6) is 0 Å². The number of likely N-dealkylation sites (tertiary alicyclic amines) is 1. The van der Waals surface area contributed by atoms with Gasteiger partial charge in [-0.1, -0.05) is 6.07 Å². The lowest BCUT2D eigenvalue weighted by Crippen LogP contribution is -2.47. The van der Waals surface area contributed by atoms with E-state index < -0.39 is 4.92 Å². The van der Waals surface area contributed by atoms with Crippen LogP contribution >= 0.6 is 0 Å². The third-order valence-electron chi connectivity index (χ3n) is 4.08. The van der Waals surface area contributed by atoms with Gasteiger partial charge in [-0.3, -0.25) is 14.9 Å². The number of hydrogen-bond acceptors (Lipinski definition) is 3. The van der Waals surface area contributed by atoms with Gasteiger partial charge in [0.1, 0.15) is 0 Å². The highest BCUT2D eigenvalue weighted by Crippen LogP contribution is 2.26. The van der Waals surface area contributed by atoms with Crippen molar-refractivity contribution in [2.75, 3.05) is 0 Å². The van der Waals surface area contributed by atoms with Crippen LogP contribution < -0.4 is 0 Å². The number of nitro groups is 1. The van der Waals surface area contributed by atoms with E-state index >= 15 is 0 Å². The van der Waals surface area contributed by atoms with E-state index in [4.69, 9.17) is 0 Å². The number of aryl methyl sites for hydroxylation is 1. The van der Waals surface area contributed by atoms with Crippen molar-refractivity contribution in [3.05, 3.63) is 39.4 Å².